The molecule has 1 aliphatic heterocycles. The summed E-state index contributed by atoms with van der Waals surface area (Å²) in [6.45, 7) is 6.69. The quantitative estimate of drug-likeness (QED) is 0.493. The summed E-state index contributed by atoms with van der Waals surface area (Å²) in [5.41, 5.74) is 0.253. The van der Waals surface area contributed by atoms with E-state index in [0.717, 1.165) is 12.8 Å². The Labute approximate surface area is 91.1 Å². The zero-order valence-corrected chi connectivity index (χ0v) is 9.95. The molecule has 0 aromatic heterocycles. The van der Waals surface area contributed by atoms with Crippen molar-refractivity contribution in [2.45, 2.75) is 45.8 Å². The van der Waals surface area contributed by atoms with E-state index in [1.54, 1.807) is 0 Å². The van der Waals surface area contributed by atoms with Crippen molar-refractivity contribution >= 4 is 5.97 Å². The maximum Gasteiger partial charge on any atom is 0.311 e. The molecule has 15 heavy (non-hydrogen) atoms. The molecule has 2 aliphatic rings. The zero-order chi connectivity index (χ0) is 11.2. The van der Waals surface area contributed by atoms with Crippen molar-refractivity contribution < 1.29 is 14.3 Å². The third kappa shape index (κ3) is 2.03. The molecule has 0 aromatic carbocycles. The van der Waals surface area contributed by atoms with Crippen molar-refractivity contribution in [3.05, 3.63) is 0 Å². The molecule has 2 rings (SSSR count). The minimum Gasteiger partial charge on any atom is -0.469 e. The highest BCUT2D eigenvalue weighted by Gasteiger charge is 2.55. The van der Waals surface area contributed by atoms with Crippen LogP contribution in [0.15, 0.2) is 0 Å². The maximum absolute atomic E-state index is 11.6. The van der Waals surface area contributed by atoms with E-state index in [1.807, 2.05) is 0 Å². The highest BCUT2D eigenvalue weighted by molar-refractivity contribution is 5.73. The van der Waals surface area contributed by atoms with Crippen LogP contribution in [-0.4, -0.2) is 25.3 Å². The standard InChI is InChI=1S/C12H20O3/c1-12(2,3)7-5-8(11(13)14-4)10-9(6-7)15-10/h7-10H,5-6H2,1-4H3/t7-,8+,9+,10-/m0/s1. The molecular weight excluding hydrogens is 192 g/mol. The fourth-order valence-corrected chi connectivity index (χ4v) is 2.61. The Kier molecular flexibility index (Phi) is 2.53. The number of carbonyl (C=O) groups excluding carboxylic acids is 1. The van der Waals surface area contributed by atoms with Gasteiger partial charge in [0.1, 0.15) is 0 Å². The Morgan fingerprint density at radius 1 is 1.33 bits per heavy atom. The molecule has 3 nitrogen and oxygen atoms in total. The van der Waals surface area contributed by atoms with Crippen molar-refractivity contribution in [1.29, 1.82) is 0 Å². The lowest BCUT2D eigenvalue weighted by atomic mass is 9.69. The summed E-state index contributed by atoms with van der Waals surface area (Å²) in [4.78, 5) is 11.6. The van der Waals surface area contributed by atoms with Crippen molar-refractivity contribution in [2.24, 2.45) is 17.3 Å². The Bertz CT molecular complexity index is 267. The molecule has 1 heterocycles. The van der Waals surface area contributed by atoms with Gasteiger partial charge in [0.05, 0.1) is 25.2 Å². The molecule has 86 valence electrons. The van der Waals surface area contributed by atoms with Crippen molar-refractivity contribution in [3.8, 4) is 0 Å². The number of hydrogen-bond acceptors (Lipinski definition) is 3. The van der Waals surface area contributed by atoms with Crippen LogP contribution >= 0.6 is 0 Å². The molecule has 0 bridgehead atoms. The second-order valence-corrected chi connectivity index (χ2v) is 5.80. The second kappa shape index (κ2) is 3.48. The molecule has 0 unspecified atom stereocenters. The number of ether oxygens (including phenoxy) is 2. The zero-order valence-electron chi connectivity index (χ0n) is 9.95. The predicted molar refractivity (Wildman–Crippen MR) is 56.3 cm³/mol. The molecule has 2 fully saturated rings. The molecule has 0 N–H and O–H groups in total. The van der Waals surface area contributed by atoms with Gasteiger partial charge in [-0.25, -0.2) is 0 Å². The van der Waals surface area contributed by atoms with Crippen LogP contribution in [0, 0.1) is 17.3 Å². The molecule has 0 aromatic rings. The van der Waals surface area contributed by atoms with E-state index >= 15 is 0 Å². The number of methoxy groups -OCH3 is 1. The van der Waals surface area contributed by atoms with Crippen LogP contribution in [0.2, 0.25) is 0 Å². The van der Waals surface area contributed by atoms with Gasteiger partial charge >= 0.3 is 5.97 Å². The van der Waals surface area contributed by atoms with Gasteiger partial charge < -0.3 is 9.47 Å². The van der Waals surface area contributed by atoms with Crippen LogP contribution in [0.25, 0.3) is 0 Å². The first-order chi connectivity index (χ1) is 6.93. The van der Waals surface area contributed by atoms with E-state index in [-0.39, 0.29) is 23.4 Å². The van der Waals surface area contributed by atoms with E-state index in [9.17, 15) is 4.79 Å². The Balaban J connectivity index is 2.06. The molecule has 1 aliphatic carbocycles. The first-order valence-corrected chi connectivity index (χ1v) is 5.66. The first-order valence-electron chi connectivity index (χ1n) is 5.66. The van der Waals surface area contributed by atoms with Gasteiger partial charge in [0, 0.05) is 0 Å². The van der Waals surface area contributed by atoms with E-state index in [1.165, 1.54) is 7.11 Å². The predicted octanol–water partition coefficient (Wildman–Crippen LogP) is 2.00. The molecule has 1 saturated heterocycles. The first kappa shape index (κ1) is 10.9. The number of epoxide rings is 1. The monoisotopic (exact) mass is 212 g/mol. The maximum atomic E-state index is 11.6. The normalized spacial score (nSPS) is 39.5. The number of carbonyl (C=O) groups is 1. The molecule has 0 amide bonds. The third-order valence-corrected chi connectivity index (χ3v) is 3.80. The SMILES string of the molecule is COC(=O)[C@@H]1C[C@H](C(C)(C)C)C[C@H]2O[C@H]21. The summed E-state index contributed by atoms with van der Waals surface area (Å²) in [7, 11) is 1.46. The number of hydrogen-bond donors (Lipinski definition) is 0. The fourth-order valence-electron chi connectivity index (χ4n) is 2.61. The molecule has 0 radical (unpaired) electrons. The number of fused-ring (bicyclic) bond motifs is 1. The van der Waals surface area contributed by atoms with Gasteiger partial charge in [-0.1, -0.05) is 20.8 Å². The third-order valence-electron chi connectivity index (χ3n) is 3.80. The van der Waals surface area contributed by atoms with Gasteiger partial charge in [0.15, 0.2) is 0 Å². The van der Waals surface area contributed by atoms with Crippen LogP contribution in [0.5, 0.6) is 0 Å². The van der Waals surface area contributed by atoms with Gasteiger partial charge in [-0.3, -0.25) is 4.79 Å². The summed E-state index contributed by atoms with van der Waals surface area (Å²) >= 11 is 0. The van der Waals surface area contributed by atoms with E-state index in [2.05, 4.69) is 20.8 Å². The van der Waals surface area contributed by atoms with Crippen molar-refractivity contribution in [1.82, 2.24) is 0 Å². The van der Waals surface area contributed by atoms with Gasteiger partial charge in [0.25, 0.3) is 0 Å². The molecule has 1 saturated carbocycles. The number of esters is 1. The molecule has 3 heteroatoms. The Morgan fingerprint density at radius 2 is 2.00 bits per heavy atom. The Hall–Kier alpha value is -0.570. The molecule has 4 atom stereocenters. The van der Waals surface area contributed by atoms with Gasteiger partial charge in [-0.05, 0) is 24.2 Å². The summed E-state index contributed by atoms with van der Waals surface area (Å²) in [5, 5.41) is 0. The number of rotatable bonds is 1. The van der Waals surface area contributed by atoms with Crippen LogP contribution in [-0.2, 0) is 14.3 Å². The summed E-state index contributed by atoms with van der Waals surface area (Å²) < 4.78 is 10.4. The highest BCUT2D eigenvalue weighted by Crippen LogP contribution is 2.49. The van der Waals surface area contributed by atoms with E-state index < -0.39 is 0 Å². The van der Waals surface area contributed by atoms with Crippen molar-refractivity contribution in [3.63, 3.8) is 0 Å². The lowest BCUT2D eigenvalue weighted by molar-refractivity contribution is -0.147. The van der Waals surface area contributed by atoms with Gasteiger partial charge in [0.2, 0.25) is 0 Å². The Morgan fingerprint density at radius 3 is 2.53 bits per heavy atom. The second-order valence-electron chi connectivity index (χ2n) is 5.80. The lowest BCUT2D eigenvalue weighted by Crippen LogP contribution is -2.35. The summed E-state index contributed by atoms with van der Waals surface area (Å²) in [6, 6.07) is 0. The van der Waals surface area contributed by atoms with E-state index in [4.69, 9.17) is 9.47 Å². The van der Waals surface area contributed by atoms with Crippen LogP contribution in [0.4, 0.5) is 0 Å². The lowest BCUT2D eigenvalue weighted by Gasteiger charge is -2.34. The summed E-state index contributed by atoms with van der Waals surface area (Å²) in [6.07, 6.45) is 2.47. The average Bonchev–Trinajstić information content (AvgIpc) is 2.92. The molecule has 0 spiro atoms. The summed E-state index contributed by atoms with van der Waals surface area (Å²) in [5.74, 6) is 0.430. The van der Waals surface area contributed by atoms with Crippen LogP contribution in [0.1, 0.15) is 33.6 Å². The topological polar surface area (TPSA) is 38.8 Å². The van der Waals surface area contributed by atoms with Crippen LogP contribution < -0.4 is 0 Å². The van der Waals surface area contributed by atoms with Gasteiger partial charge in [-0.2, -0.15) is 0 Å². The van der Waals surface area contributed by atoms with Gasteiger partial charge in [-0.15, -0.1) is 0 Å². The van der Waals surface area contributed by atoms with Crippen molar-refractivity contribution in [2.75, 3.05) is 7.11 Å². The molecular formula is C12H20O3. The van der Waals surface area contributed by atoms with E-state index in [0.29, 0.717) is 12.0 Å². The minimum absolute atomic E-state index is 0.0297. The largest absolute Gasteiger partial charge is 0.469 e. The highest BCUT2D eigenvalue weighted by atomic mass is 16.6. The minimum atomic E-state index is -0.101. The average molecular weight is 212 g/mol. The fraction of sp³-hybridized carbons (Fsp3) is 0.917. The van der Waals surface area contributed by atoms with Crippen LogP contribution in [0.3, 0.4) is 0 Å². The smallest absolute Gasteiger partial charge is 0.311 e.